The van der Waals surface area contributed by atoms with Crippen LogP contribution < -0.4 is 10.6 Å². The predicted molar refractivity (Wildman–Crippen MR) is 124 cm³/mol. The van der Waals surface area contributed by atoms with Gasteiger partial charge in [0.15, 0.2) is 0 Å². The molecule has 1 saturated carbocycles. The normalized spacial score (nSPS) is 20.2. The van der Waals surface area contributed by atoms with Gasteiger partial charge in [-0.3, -0.25) is 4.79 Å². The summed E-state index contributed by atoms with van der Waals surface area (Å²) >= 11 is 0. The van der Waals surface area contributed by atoms with Crippen molar-refractivity contribution < 1.29 is 24.2 Å². The predicted octanol–water partition coefficient (Wildman–Crippen LogP) is 3.78. The van der Waals surface area contributed by atoms with Crippen molar-refractivity contribution in [2.45, 2.75) is 38.6 Å². The number of alkyl carbamates (subject to hydrolysis) is 1. The summed E-state index contributed by atoms with van der Waals surface area (Å²) < 4.78 is 5.53. The van der Waals surface area contributed by atoms with Gasteiger partial charge in [0.2, 0.25) is 5.91 Å². The van der Waals surface area contributed by atoms with Crippen molar-refractivity contribution in [3.05, 3.63) is 59.7 Å². The SMILES string of the molecule is CC[C@H](C)[C@H](NC(=O)C1CC1CNC(=O)OCC1c2ccccc2-c2ccccc21)C(=O)O. The molecular formula is C26H30N2O5. The van der Waals surface area contributed by atoms with Gasteiger partial charge in [-0.2, -0.15) is 0 Å². The number of carboxylic acid groups (broad SMARTS) is 1. The first kappa shape index (κ1) is 22.8. The fraction of sp³-hybridized carbons (Fsp3) is 0.423. The minimum atomic E-state index is -1.02. The number of hydrogen-bond acceptors (Lipinski definition) is 4. The molecule has 0 heterocycles. The van der Waals surface area contributed by atoms with Crippen molar-refractivity contribution in [1.82, 2.24) is 10.6 Å². The number of carboxylic acids is 1. The monoisotopic (exact) mass is 450 g/mol. The average molecular weight is 451 g/mol. The van der Waals surface area contributed by atoms with Crippen LogP contribution in [-0.4, -0.2) is 42.3 Å². The zero-order valence-electron chi connectivity index (χ0n) is 18.9. The maximum absolute atomic E-state index is 12.4. The van der Waals surface area contributed by atoms with Crippen LogP contribution in [0.25, 0.3) is 11.1 Å². The second-order valence-electron chi connectivity index (χ2n) is 9.02. The Morgan fingerprint density at radius 2 is 1.67 bits per heavy atom. The summed E-state index contributed by atoms with van der Waals surface area (Å²) in [6, 6.07) is 15.4. The van der Waals surface area contributed by atoms with Crippen molar-refractivity contribution in [3.8, 4) is 11.1 Å². The van der Waals surface area contributed by atoms with E-state index in [0.29, 0.717) is 19.4 Å². The molecule has 4 atom stereocenters. The van der Waals surface area contributed by atoms with Crippen molar-refractivity contribution in [2.24, 2.45) is 17.8 Å². The number of fused-ring (bicyclic) bond motifs is 3. The number of carbonyl (C=O) groups excluding carboxylic acids is 2. The third-order valence-electron chi connectivity index (χ3n) is 6.89. The van der Waals surface area contributed by atoms with Gasteiger partial charge in [0.1, 0.15) is 12.6 Å². The highest BCUT2D eigenvalue weighted by atomic mass is 16.5. The maximum atomic E-state index is 12.4. The molecule has 0 bridgehead atoms. The van der Waals surface area contributed by atoms with E-state index in [4.69, 9.17) is 4.74 Å². The summed E-state index contributed by atoms with van der Waals surface area (Å²) in [4.78, 5) is 36.1. The topological polar surface area (TPSA) is 105 Å². The number of benzene rings is 2. The average Bonchev–Trinajstić information content (AvgIpc) is 3.54. The summed E-state index contributed by atoms with van der Waals surface area (Å²) in [5.41, 5.74) is 4.65. The minimum Gasteiger partial charge on any atom is -0.480 e. The highest BCUT2D eigenvalue weighted by Gasteiger charge is 2.44. The Hall–Kier alpha value is -3.35. The summed E-state index contributed by atoms with van der Waals surface area (Å²) in [7, 11) is 0. The second kappa shape index (κ2) is 9.65. The van der Waals surface area contributed by atoms with Crippen LogP contribution in [0.1, 0.15) is 43.7 Å². The Bertz CT molecular complexity index is 1010. The summed E-state index contributed by atoms with van der Waals surface area (Å²) in [5, 5.41) is 14.8. The molecule has 2 aromatic rings. The summed E-state index contributed by atoms with van der Waals surface area (Å²) in [6.07, 6.45) is 0.780. The van der Waals surface area contributed by atoms with Crippen molar-refractivity contribution in [1.29, 1.82) is 0 Å². The highest BCUT2D eigenvalue weighted by Crippen LogP contribution is 2.44. The lowest BCUT2D eigenvalue weighted by molar-refractivity contribution is -0.143. The number of nitrogens with one attached hydrogen (secondary N) is 2. The van der Waals surface area contributed by atoms with Gasteiger partial charge in [-0.05, 0) is 40.5 Å². The number of rotatable bonds is 9. The van der Waals surface area contributed by atoms with E-state index in [1.54, 1.807) is 0 Å². The molecule has 0 aliphatic heterocycles. The van der Waals surface area contributed by atoms with E-state index in [1.165, 1.54) is 11.1 Å². The number of ether oxygens (including phenoxy) is 1. The molecule has 0 radical (unpaired) electrons. The van der Waals surface area contributed by atoms with Crippen LogP contribution >= 0.6 is 0 Å². The summed E-state index contributed by atoms with van der Waals surface area (Å²) in [6.45, 7) is 4.27. The molecular weight excluding hydrogens is 420 g/mol. The molecule has 174 valence electrons. The second-order valence-corrected chi connectivity index (χ2v) is 9.02. The van der Waals surface area contributed by atoms with Gasteiger partial charge in [0.25, 0.3) is 0 Å². The lowest BCUT2D eigenvalue weighted by atomic mass is 9.98. The van der Waals surface area contributed by atoms with E-state index in [2.05, 4.69) is 34.9 Å². The molecule has 2 aliphatic carbocycles. The van der Waals surface area contributed by atoms with E-state index < -0.39 is 18.1 Å². The Morgan fingerprint density at radius 1 is 1.06 bits per heavy atom. The standard InChI is InChI=1S/C26H30N2O5/c1-3-15(2)23(25(30)31)28-24(29)21-12-16(21)13-27-26(32)33-14-22-19-10-6-4-8-17(19)18-9-5-7-11-20(18)22/h4-11,15-16,21-23H,3,12-14H2,1-2H3,(H,27,32)(H,28,29)(H,30,31)/t15-,16?,21?,23-/m0/s1. The zero-order chi connectivity index (χ0) is 23.5. The van der Waals surface area contributed by atoms with Crippen LogP contribution in [-0.2, 0) is 14.3 Å². The zero-order valence-corrected chi connectivity index (χ0v) is 18.9. The van der Waals surface area contributed by atoms with E-state index in [9.17, 15) is 19.5 Å². The van der Waals surface area contributed by atoms with Gasteiger partial charge in [0, 0.05) is 18.4 Å². The van der Waals surface area contributed by atoms with Gasteiger partial charge < -0.3 is 20.5 Å². The molecule has 0 spiro atoms. The van der Waals surface area contributed by atoms with E-state index in [0.717, 1.165) is 11.1 Å². The number of amides is 2. The maximum Gasteiger partial charge on any atom is 0.407 e. The molecule has 2 aliphatic rings. The van der Waals surface area contributed by atoms with Crippen LogP contribution in [0.2, 0.25) is 0 Å². The fourth-order valence-corrected chi connectivity index (χ4v) is 4.60. The Kier molecular flexibility index (Phi) is 6.67. The van der Waals surface area contributed by atoms with Gasteiger partial charge >= 0.3 is 12.1 Å². The number of carbonyl (C=O) groups is 3. The number of aliphatic carboxylic acids is 1. The molecule has 7 nitrogen and oxygen atoms in total. The fourth-order valence-electron chi connectivity index (χ4n) is 4.60. The van der Waals surface area contributed by atoms with Crippen LogP contribution in [0.3, 0.4) is 0 Å². The van der Waals surface area contributed by atoms with Gasteiger partial charge in [-0.25, -0.2) is 9.59 Å². The third kappa shape index (κ3) is 4.87. The molecule has 33 heavy (non-hydrogen) atoms. The molecule has 2 aromatic carbocycles. The quantitative estimate of drug-likeness (QED) is 0.539. The molecule has 2 unspecified atom stereocenters. The first-order valence-electron chi connectivity index (χ1n) is 11.5. The Morgan fingerprint density at radius 3 is 2.24 bits per heavy atom. The minimum absolute atomic E-state index is 0.00291. The third-order valence-corrected chi connectivity index (χ3v) is 6.89. The summed E-state index contributed by atoms with van der Waals surface area (Å²) in [5.74, 6) is -1.71. The van der Waals surface area contributed by atoms with E-state index in [1.807, 2.05) is 38.1 Å². The number of hydrogen-bond donors (Lipinski definition) is 3. The molecule has 2 amide bonds. The molecule has 0 aromatic heterocycles. The van der Waals surface area contributed by atoms with Crippen LogP contribution in [0.4, 0.5) is 4.79 Å². The van der Waals surface area contributed by atoms with Gasteiger partial charge in [-0.1, -0.05) is 68.8 Å². The Balaban J connectivity index is 1.25. The largest absolute Gasteiger partial charge is 0.480 e. The first-order chi connectivity index (χ1) is 15.9. The molecule has 7 heteroatoms. The highest BCUT2D eigenvalue weighted by molar-refractivity contribution is 5.87. The molecule has 4 rings (SSSR count). The lowest BCUT2D eigenvalue weighted by Gasteiger charge is -2.20. The van der Waals surface area contributed by atoms with Crippen LogP contribution in [0.15, 0.2) is 48.5 Å². The Labute approximate surface area is 193 Å². The van der Waals surface area contributed by atoms with Crippen LogP contribution in [0, 0.1) is 17.8 Å². The molecule has 1 fully saturated rings. The molecule has 3 N–H and O–H groups in total. The van der Waals surface area contributed by atoms with E-state index in [-0.39, 0.29) is 36.2 Å². The molecule has 0 saturated heterocycles. The lowest BCUT2D eigenvalue weighted by Crippen LogP contribution is -2.46. The smallest absolute Gasteiger partial charge is 0.407 e. The van der Waals surface area contributed by atoms with Gasteiger partial charge in [0.05, 0.1) is 0 Å². The van der Waals surface area contributed by atoms with Crippen molar-refractivity contribution in [3.63, 3.8) is 0 Å². The van der Waals surface area contributed by atoms with E-state index >= 15 is 0 Å². The van der Waals surface area contributed by atoms with Crippen molar-refractivity contribution in [2.75, 3.05) is 13.2 Å². The first-order valence-corrected chi connectivity index (χ1v) is 11.5. The van der Waals surface area contributed by atoms with Crippen molar-refractivity contribution >= 4 is 18.0 Å². The van der Waals surface area contributed by atoms with Gasteiger partial charge in [-0.15, -0.1) is 0 Å². The van der Waals surface area contributed by atoms with Crippen LogP contribution in [0.5, 0.6) is 0 Å².